The summed E-state index contributed by atoms with van der Waals surface area (Å²) in [5.41, 5.74) is 6.55. The molecule has 52 heavy (non-hydrogen) atoms. The van der Waals surface area contributed by atoms with E-state index in [1.165, 1.54) is 6.26 Å². The summed E-state index contributed by atoms with van der Waals surface area (Å²) in [7, 11) is -3.25. The van der Waals surface area contributed by atoms with Gasteiger partial charge in [-0.2, -0.15) is 5.10 Å². The molecule has 0 N–H and O–H groups in total. The topological polar surface area (TPSA) is 90.2 Å². The number of sulfone groups is 1. The van der Waals surface area contributed by atoms with E-state index in [2.05, 4.69) is 137 Å². The summed E-state index contributed by atoms with van der Waals surface area (Å²) in [5, 5.41) is 6.26. The zero-order valence-electron chi connectivity index (χ0n) is 29.1. The van der Waals surface area contributed by atoms with Crippen LogP contribution in [0.2, 0.25) is 0 Å². The summed E-state index contributed by atoms with van der Waals surface area (Å²) in [6.45, 7) is 3.62. The van der Waals surface area contributed by atoms with Crippen molar-refractivity contribution in [3.8, 4) is 16.9 Å². The highest BCUT2D eigenvalue weighted by Crippen LogP contribution is 2.42. The molecule has 0 radical (unpaired) electrons. The minimum Gasteiger partial charge on any atom is -0.490 e. The van der Waals surface area contributed by atoms with Gasteiger partial charge >= 0.3 is 0 Å². The summed E-state index contributed by atoms with van der Waals surface area (Å²) < 4.78 is 32.1. The molecule has 8 rings (SSSR count). The van der Waals surface area contributed by atoms with Gasteiger partial charge in [0.1, 0.15) is 29.5 Å². The van der Waals surface area contributed by atoms with Crippen molar-refractivity contribution in [1.82, 2.24) is 19.7 Å². The van der Waals surface area contributed by atoms with E-state index >= 15 is 0 Å². The van der Waals surface area contributed by atoms with Gasteiger partial charge in [0.2, 0.25) is 0 Å². The van der Waals surface area contributed by atoms with E-state index in [0.29, 0.717) is 5.75 Å². The zero-order chi connectivity index (χ0) is 35.7. The van der Waals surface area contributed by atoms with Gasteiger partial charge in [-0.1, -0.05) is 97.1 Å². The Morgan fingerprint density at radius 2 is 1.31 bits per heavy atom. The monoisotopic (exact) mass is 705 g/mol. The Bertz CT molecular complexity index is 2330. The number of benzene rings is 5. The molecule has 0 spiro atoms. The van der Waals surface area contributed by atoms with Crippen LogP contribution in [0, 0.1) is 6.92 Å². The van der Waals surface area contributed by atoms with E-state index in [1.54, 1.807) is 30.6 Å². The van der Waals surface area contributed by atoms with Crippen LogP contribution in [-0.2, 0) is 15.4 Å². The van der Waals surface area contributed by atoms with Crippen LogP contribution in [0.1, 0.15) is 35.2 Å². The fourth-order valence-electron chi connectivity index (χ4n) is 7.46. The van der Waals surface area contributed by atoms with Crippen LogP contribution >= 0.6 is 0 Å². The van der Waals surface area contributed by atoms with Gasteiger partial charge in [-0.3, -0.25) is 4.68 Å². The van der Waals surface area contributed by atoms with Crippen molar-refractivity contribution in [3.05, 3.63) is 168 Å². The summed E-state index contributed by atoms with van der Waals surface area (Å²) in [6.07, 6.45) is 6.67. The van der Waals surface area contributed by atoms with Crippen molar-refractivity contribution >= 4 is 26.6 Å². The maximum Gasteiger partial charge on any atom is 0.175 e. The normalized spacial score (nSPS) is 14.1. The number of anilines is 1. The Balaban J connectivity index is 1.13. The maximum atomic E-state index is 11.9. The van der Waals surface area contributed by atoms with Gasteiger partial charge in [-0.15, -0.1) is 0 Å². The van der Waals surface area contributed by atoms with Crippen molar-refractivity contribution < 1.29 is 13.2 Å². The van der Waals surface area contributed by atoms with E-state index in [-0.39, 0.29) is 11.0 Å². The minimum absolute atomic E-state index is 0.0246. The van der Waals surface area contributed by atoms with Crippen LogP contribution in [0.5, 0.6) is 5.75 Å². The second kappa shape index (κ2) is 13.7. The van der Waals surface area contributed by atoms with Crippen LogP contribution in [0.25, 0.3) is 22.0 Å². The standard InChI is InChI=1S/C43H39N5O3S/c1-31-40(29-48(46-31)43(33-12-6-3-7-13-33,34-14-8-4-9-15-34)35-16-10-5-11-17-35)32-18-23-41-39(28-32)42(45-30-44-41)47-26-24-37(25-27-47)51-36-19-21-38(22-20-36)52(2,49)50/h3-23,28-30,37H,24-27H2,1-2H3. The van der Waals surface area contributed by atoms with E-state index in [9.17, 15) is 8.42 Å². The van der Waals surface area contributed by atoms with E-state index < -0.39 is 15.4 Å². The molecule has 0 amide bonds. The maximum absolute atomic E-state index is 11.9. The number of rotatable bonds is 9. The van der Waals surface area contributed by atoms with Crippen LogP contribution in [0.15, 0.2) is 151 Å². The average Bonchev–Trinajstić information content (AvgIpc) is 3.57. The first-order chi connectivity index (χ1) is 25.3. The Morgan fingerprint density at radius 1 is 0.731 bits per heavy atom. The lowest BCUT2D eigenvalue weighted by Crippen LogP contribution is -2.38. The predicted octanol–water partition coefficient (Wildman–Crippen LogP) is 8.09. The lowest BCUT2D eigenvalue weighted by Gasteiger charge is -2.36. The highest BCUT2D eigenvalue weighted by atomic mass is 32.2. The SMILES string of the molecule is Cc1nn(C(c2ccccc2)(c2ccccc2)c2ccccc2)cc1-c1ccc2ncnc(N3CCC(Oc4ccc(S(C)(=O)=O)cc4)CC3)c2c1. The molecule has 260 valence electrons. The van der Waals surface area contributed by atoms with Crippen molar-refractivity contribution in [1.29, 1.82) is 0 Å². The third-order valence-corrected chi connectivity index (χ3v) is 11.2. The fourth-order valence-corrected chi connectivity index (χ4v) is 8.09. The van der Waals surface area contributed by atoms with Crippen LogP contribution in [0.3, 0.4) is 0 Å². The summed E-state index contributed by atoms with van der Waals surface area (Å²) in [4.78, 5) is 12.0. The minimum atomic E-state index is -3.25. The molecule has 1 aliphatic rings. The Morgan fingerprint density at radius 3 is 1.87 bits per heavy atom. The highest BCUT2D eigenvalue weighted by Gasteiger charge is 2.39. The van der Waals surface area contributed by atoms with Gasteiger partial charge in [0.25, 0.3) is 0 Å². The molecule has 0 unspecified atom stereocenters. The lowest BCUT2D eigenvalue weighted by molar-refractivity contribution is 0.170. The van der Waals surface area contributed by atoms with Gasteiger partial charge < -0.3 is 9.64 Å². The number of piperidine rings is 1. The molecule has 8 nitrogen and oxygen atoms in total. The molecule has 9 heteroatoms. The molecule has 1 aliphatic heterocycles. The summed E-state index contributed by atoms with van der Waals surface area (Å²) in [6, 6.07) is 44.8. The molecule has 5 aromatic carbocycles. The van der Waals surface area contributed by atoms with Gasteiger partial charge in [0.15, 0.2) is 9.84 Å². The predicted molar refractivity (Wildman–Crippen MR) is 206 cm³/mol. The Kier molecular flexibility index (Phi) is 8.80. The summed E-state index contributed by atoms with van der Waals surface area (Å²) in [5.74, 6) is 1.58. The number of ether oxygens (including phenoxy) is 1. The van der Waals surface area contributed by atoms with E-state index in [4.69, 9.17) is 14.8 Å². The number of aromatic nitrogens is 4. The van der Waals surface area contributed by atoms with Crippen LogP contribution in [0.4, 0.5) is 5.82 Å². The molecule has 3 heterocycles. The molecule has 2 aromatic heterocycles. The van der Waals surface area contributed by atoms with Gasteiger partial charge in [-0.05, 0) is 65.6 Å². The lowest BCUT2D eigenvalue weighted by atomic mass is 9.77. The largest absolute Gasteiger partial charge is 0.490 e. The molecule has 1 fully saturated rings. The van der Waals surface area contributed by atoms with Crippen LogP contribution < -0.4 is 9.64 Å². The highest BCUT2D eigenvalue weighted by molar-refractivity contribution is 7.90. The molecular formula is C43H39N5O3S. The number of hydrogen-bond donors (Lipinski definition) is 0. The van der Waals surface area contributed by atoms with Crippen molar-refractivity contribution in [2.24, 2.45) is 0 Å². The van der Waals surface area contributed by atoms with Gasteiger partial charge in [0.05, 0.1) is 16.1 Å². The van der Waals surface area contributed by atoms with Gasteiger partial charge in [0, 0.05) is 49.3 Å². The number of hydrogen-bond acceptors (Lipinski definition) is 7. The zero-order valence-corrected chi connectivity index (χ0v) is 29.9. The van der Waals surface area contributed by atoms with E-state index in [0.717, 1.165) is 76.2 Å². The summed E-state index contributed by atoms with van der Waals surface area (Å²) >= 11 is 0. The van der Waals surface area contributed by atoms with Crippen molar-refractivity contribution in [2.45, 2.75) is 36.3 Å². The first-order valence-corrected chi connectivity index (χ1v) is 19.4. The van der Waals surface area contributed by atoms with Gasteiger partial charge in [-0.25, -0.2) is 18.4 Å². The first-order valence-electron chi connectivity index (χ1n) is 17.5. The molecule has 0 saturated carbocycles. The number of aryl methyl sites for hydroxylation is 1. The average molecular weight is 706 g/mol. The molecule has 0 bridgehead atoms. The molecular weight excluding hydrogens is 667 g/mol. The fraction of sp³-hybridized carbons (Fsp3) is 0.186. The smallest absolute Gasteiger partial charge is 0.175 e. The second-order valence-electron chi connectivity index (χ2n) is 13.4. The van der Waals surface area contributed by atoms with Crippen molar-refractivity contribution in [2.75, 3.05) is 24.2 Å². The van der Waals surface area contributed by atoms with Crippen LogP contribution in [-0.4, -0.2) is 53.6 Å². The quantitative estimate of drug-likeness (QED) is 0.140. The number of nitrogens with zero attached hydrogens (tertiary/aromatic N) is 5. The molecule has 0 aliphatic carbocycles. The second-order valence-corrected chi connectivity index (χ2v) is 15.4. The number of fused-ring (bicyclic) bond motifs is 1. The van der Waals surface area contributed by atoms with Crippen molar-refractivity contribution in [3.63, 3.8) is 0 Å². The first kappa shape index (κ1) is 33.3. The molecule has 0 atom stereocenters. The Hall–Kier alpha value is -5.80. The molecule has 7 aromatic rings. The Labute approximate surface area is 304 Å². The third-order valence-electron chi connectivity index (χ3n) is 10.0. The molecule has 1 saturated heterocycles. The van der Waals surface area contributed by atoms with E-state index in [1.807, 2.05) is 0 Å². The third kappa shape index (κ3) is 6.22.